The van der Waals surface area contributed by atoms with Gasteiger partial charge in [-0.2, -0.15) is 12.6 Å². The number of nitrogens with one attached hydrogen (secondary N) is 1. The summed E-state index contributed by atoms with van der Waals surface area (Å²) in [4.78, 5) is 18.0. The Kier molecular flexibility index (Phi) is 11.3. The third-order valence-corrected chi connectivity index (χ3v) is 6.16. The maximum Gasteiger partial charge on any atom is 0.195 e. The van der Waals surface area contributed by atoms with Crippen LogP contribution in [0.4, 0.5) is 5.69 Å². The van der Waals surface area contributed by atoms with Crippen LogP contribution < -0.4 is 10.7 Å². The third kappa shape index (κ3) is 7.01. The van der Waals surface area contributed by atoms with Crippen LogP contribution in [0, 0.1) is 0 Å². The number of anilines is 1. The zero-order chi connectivity index (χ0) is 26.7. The van der Waals surface area contributed by atoms with Crippen molar-refractivity contribution in [1.82, 2.24) is 4.98 Å². The third-order valence-electron chi connectivity index (χ3n) is 5.88. The van der Waals surface area contributed by atoms with Crippen molar-refractivity contribution in [3.63, 3.8) is 0 Å². The van der Waals surface area contributed by atoms with Gasteiger partial charge < -0.3 is 14.8 Å². The van der Waals surface area contributed by atoms with Crippen molar-refractivity contribution in [3.8, 4) is 0 Å². The van der Waals surface area contributed by atoms with Crippen molar-refractivity contribution in [3.05, 3.63) is 100 Å². The van der Waals surface area contributed by atoms with E-state index in [-0.39, 0.29) is 5.43 Å². The molecule has 0 amide bonds. The molecule has 0 saturated carbocycles. The van der Waals surface area contributed by atoms with Gasteiger partial charge in [-0.1, -0.05) is 45.2 Å². The molecule has 0 saturated heterocycles. The fraction of sp³-hybridized carbons (Fsp3) is 0.267. The van der Waals surface area contributed by atoms with Gasteiger partial charge in [0.15, 0.2) is 5.43 Å². The summed E-state index contributed by atoms with van der Waals surface area (Å²) in [5, 5.41) is 7.10. The number of pyridine rings is 1. The van der Waals surface area contributed by atoms with Gasteiger partial charge in [-0.25, -0.2) is 0 Å². The molecule has 1 N–H and O–H groups in total. The topological polar surface area (TPSA) is 60.5 Å². The maximum atomic E-state index is 13.5. The summed E-state index contributed by atoms with van der Waals surface area (Å²) in [5.41, 5.74) is 4.13. The van der Waals surface area contributed by atoms with E-state index in [4.69, 9.17) is 9.47 Å². The quantitative estimate of drug-likeness (QED) is 0.170. The summed E-state index contributed by atoms with van der Waals surface area (Å²) in [6.45, 7) is 14.2. The Hall–Kier alpha value is -3.51. The summed E-state index contributed by atoms with van der Waals surface area (Å²) < 4.78 is 10.6. The first-order chi connectivity index (χ1) is 17.4. The molecular formula is C30H36N2O3S. The van der Waals surface area contributed by atoms with Crippen molar-refractivity contribution in [2.45, 2.75) is 33.6 Å². The van der Waals surface area contributed by atoms with Gasteiger partial charge in [0.1, 0.15) is 0 Å². The van der Waals surface area contributed by atoms with Crippen LogP contribution in [-0.2, 0) is 9.47 Å². The molecule has 0 atom stereocenters. The van der Waals surface area contributed by atoms with Gasteiger partial charge in [-0.15, -0.1) is 0 Å². The highest BCUT2D eigenvalue weighted by Gasteiger charge is 2.09. The summed E-state index contributed by atoms with van der Waals surface area (Å²) in [7, 11) is 3.28. The van der Waals surface area contributed by atoms with Crippen LogP contribution in [0.3, 0.4) is 0 Å². The number of fused-ring (bicyclic) bond motifs is 2. The molecule has 36 heavy (non-hydrogen) atoms. The van der Waals surface area contributed by atoms with E-state index in [0.29, 0.717) is 29.3 Å². The van der Waals surface area contributed by atoms with Gasteiger partial charge in [-0.05, 0) is 59.6 Å². The van der Waals surface area contributed by atoms with Crippen molar-refractivity contribution < 1.29 is 9.47 Å². The number of benzene rings is 1. The first kappa shape index (κ1) is 28.7. The molecule has 1 aromatic heterocycles. The average molecular weight is 505 g/mol. The monoisotopic (exact) mass is 504 g/mol. The molecule has 1 heterocycles. The second-order valence-corrected chi connectivity index (χ2v) is 8.13. The van der Waals surface area contributed by atoms with Crippen LogP contribution in [0.2, 0.25) is 0 Å². The molecule has 0 bridgehead atoms. The number of nitrogens with zero attached hydrogens (tertiary/aromatic N) is 1. The van der Waals surface area contributed by atoms with E-state index in [1.54, 1.807) is 31.9 Å². The molecule has 0 unspecified atom stereocenters. The van der Waals surface area contributed by atoms with E-state index < -0.39 is 0 Å². The molecule has 190 valence electrons. The van der Waals surface area contributed by atoms with E-state index in [2.05, 4.69) is 36.1 Å². The second-order valence-electron chi connectivity index (χ2n) is 7.87. The Balaban J connectivity index is 0.00000222. The molecule has 6 heteroatoms. The number of methoxy groups -OCH3 is 2. The fourth-order valence-electron chi connectivity index (χ4n) is 3.65. The molecule has 0 aliphatic heterocycles. The number of thiol groups is 1. The lowest BCUT2D eigenvalue weighted by Crippen LogP contribution is -2.09. The lowest BCUT2D eigenvalue weighted by atomic mass is 10.1. The first-order valence-electron chi connectivity index (χ1n) is 11.9. The number of rotatable bonds is 10. The zero-order valence-electron chi connectivity index (χ0n) is 21.9. The van der Waals surface area contributed by atoms with Crippen molar-refractivity contribution >= 4 is 45.6 Å². The summed E-state index contributed by atoms with van der Waals surface area (Å²) >= 11 is 4.24. The molecule has 0 aliphatic carbocycles. The summed E-state index contributed by atoms with van der Waals surface area (Å²) in [6.07, 6.45) is 4.89. The summed E-state index contributed by atoms with van der Waals surface area (Å²) in [6, 6.07) is 11.5. The Labute approximate surface area is 219 Å². The predicted molar refractivity (Wildman–Crippen MR) is 158 cm³/mol. The normalized spacial score (nSPS) is 11.8. The van der Waals surface area contributed by atoms with Crippen LogP contribution in [0.15, 0.2) is 89.1 Å². The Morgan fingerprint density at radius 3 is 2.44 bits per heavy atom. The molecule has 3 aromatic rings. The molecule has 0 spiro atoms. The number of aromatic nitrogens is 1. The second kappa shape index (κ2) is 14.1. The Bertz CT molecular complexity index is 1360. The van der Waals surface area contributed by atoms with Crippen molar-refractivity contribution in [1.29, 1.82) is 0 Å². The Morgan fingerprint density at radius 2 is 1.81 bits per heavy atom. The lowest BCUT2D eigenvalue weighted by molar-refractivity contribution is 0.273. The smallest absolute Gasteiger partial charge is 0.195 e. The number of allylic oxidation sites excluding steroid dienone is 4. The molecule has 2 aromatic carbocycles. The van der Waals surface area contributed by atoms with Crippen molar-refractivity contribution in [2.24, 2.45) is 0 Å². The lowest BCUT2D eigenvalue weighted by Gasteiger charge is -2.14. The van der Waals surface area contributed by atoms with Crippen LogP contribution >= 0.6 is 12.6 Å². The van der Waals surface area contributed by atoms with Crippen LogP contribution in [-0.4, -0.2) is 25.7 Å². The van der Waals surface area contributed by atoms with Gasteiger partial charge in [-0.3, -0.25) is 9.78 Å². The minimum Gasteiger partial charge on any atom is -0.502 e. The molecule has 0 aliphatic rings. The van der Waals surface area contributed by atoms with Gasteiger partial charge in [0.25, 0.3) is 0 Å². The highest BCUT2D eigenvalue weighted by atomic mass is 32.1. The van der Waals surface area contributed by atoms with Crippen LogP contribution in [0.1, 0.15) is 39.2 Å². The van der Waals surface area contributed by atoms with Crippen LogP contribution in [0.25, 0.3) is 27.2 Å². The minimum atomic E-state index is -0.0733. The molecule has 5 nitrogen and oxygen atoms in total. The van der Waals surface area contributed by atoms with E-state index in [9.17, 15) is 4.79 Å². The Morgan fingerprint density at radius 1 is 1.08 bits per heavy atom. The van der Waals surface area contributed by atoms with E-state index in [1.165, 1.54) is 0 Å². The molecule has 3 rings (SSSR count). The summed E-state index contributed by atoms with van der Waals surface area (Å²) in [5.74, 6) is 1.58. The predicted octanol–water partition coefficient (Wildman–Crippen LogP) is 7.50. The van der Waals surface area contributed by atoms with Gasteiger partial charge >= 0.3 is 0 Å². The molecular weight excluding hydrogens is 468 g/mol. The van der Waals surface area contributed by atoms with E-state index in [0.717, 1.165) is 45.7 Å². The zero-order valence-corrected chi connectivity index (χ0v) is 22.7. The maximum absolute atomic E-state index is 13.5. The number of hydrogen-bond donors (Lipinski definition) is 2. The highest BCUT2D eigenvalue weighted by Crippen LogP contribution is 2.23. The van der Waals surface area contributed by atoms with E-state index >= 15 is 0 Å². The SMILES string of the molecule is C=C/C(=C\S)c1cnc2ccc3ccc(NC/C(CCC(=C)OC)=C(/C)OC)cc3c(=O)c2c1.CC. The van der Waals surface area contributed by atoms with Gasteiger partial charge in [0.05, 0.1) is 31.3 Å². The molecule has 0 radical (unpaired) electrons. The first-order valence-corrected chi connectivity index (χ1v) is 12.5. The molecule has 0 fully saturated rings. The van der Waals surface area contributed by atoms with Crippen molar-refractivity contribution in [2.75, 3.05) is 26.1 Å². The largest absolute Gasteiger partial charge is 0.502 e. The minimum absolute atomic E-state index is 0.0733. The standard InChI is InChI=1S/C28H30N2O3S.C2H6/c1-6-20(17-34)23-13-26-27(30-16-23)12-10-21-9-11-24(14-25(21)28(26)31)29-15-22(19(3)33-5)8-7-18(2)32-4;1-2/h6,9-14,16-17,29,34H,1-2,7-8,15H2,3-5H3;1-2H3/b20-17+,22-19-;. The van der Waals surface area contributed by atoms with Gasteiger partial charge in [0.2, 0.25) is 0 Å². The van der Waals surface area contributed by atoms with Gasteiger partial charge in [0, 0.05) is 41.2 Å². The average Bonchev–Trinajstić information content (AvgIpc) is 3.06. The fourth-order valence-corrected chi connectivity index (χ4v) is 3.90. The van der Waals surface area contributed by atoms with E-state index in [1.807, 2.05) is 57.2 Å². The number of ether oxygens (including phenoxy) is 2. The van der Waals surface area contributed by atoms with Crippen LogP contribution in [0.5, 0.6) is 0 Å². The highest BCUT2D eigenvalue weighted by molar-refractivity contribution is 7.83. The number of hydrogen-bond acceptors (Lipinski definition) is 6.